The van der Waals surface area contributed by atoms with Crippen molar-refractivity contribution in [1.82, 2.24) is 14.9 Å². The smallest absolute Gasteiger partial charge is 0.303 e. The number of nitrogens with zero attached hydrogens (tertiary/aromatic N) is 2. The van der Waals surface area contributed by atoms with Gasteiger partial charge < -0.3 is 10.4 Å². The molecule has 0 aromatic carbocycles. The number of carbonyl (C=O) groups is 2. The Hall–Kier alpha value is -2.61. The number of hydrogen-bond donors (Lipinski definition) is 4. The van der Waals surface area contributed by atoms with Crippen molar-refractivity contribution in [2.45, 2.75) is 26.7 Å². The summed E-state index contributed by atoms with van der Waals surface area (Å²) >= 11 is 0. The minimum atomic E-state index is -0.913. The van der Waals surface area contributed by atoms with Gasteiger partial charge in [-0.1, -0.05) is 0 Å². The number of pyridine rings is 1. The second-order valence-corrected chi connectivity index (χ2v) is 5.06. The highest BCUT2D eigenvalue weighted by Crippen LogP contribution is 2.22. The molecular formula is C14H18N4O4. The van der Waals surface area contributed by atoms with Crippen LogP contribution in [-0.4, -0.2) is 38.1 Å². The molecule has 0 bridgehead atoms. The number of aromatic nitrogens is 2. The molecule has 0 unspecified atom stereocenters. The molecule has 0 aliphatic carbocycles. The van der Waals surface area contributed by atoms with Crippen molar-refractivity contribution < 1.29 is 19.9 Å². The number of hydrogen-bond acceptors (Lipinski definition) is 5. The number of carbonyl (C=O) groups excluding carboxylic acids is 1. The van der Waals surface area contributed by atoms with Crippen molar-refractivity contribution in [2.24, 2.45) is 0 Å². The first-order valence-electron chi connectivity index (χ1n) is 6.79. The fraction of sp³-hybridized carbons (Fsp3) is 0.357. The van der Waals surface area contributed by atoms with Crippen molar-refractivity contribution in [2.75, 3.05) is 11.9 Å². The van der Waals surface area contributed by atoms with Crippen LogP contribution in [0.4, 0.5) is 5.82 Å². The number of rotatable bonds is 6. The molecule has 2 aromatic heterocycles. The molecule has 2 heterocycles. The van der Waals surface area contributed by atoms with E-state index in [1.807, 2.05) is 30.4 Å². The van der Waals surface area contributed by atoms with Crippen molar-refractivity contribution in [3.8, 4) is 0 Å². The van der Waals surface area contributed by atoms with Gasteiger partial charge in [-0.05, 0) is 31.5 Å². The standard InChI is InChI=1S/C14H18N4O4/c1-8-5-9(2)18-11(6-8)16-10(3-4-13(20)21)14(18)15-7-12(19)17-22/h5-6,15,22H,3-4,7H2,1-2H3,(H,17,19)(H,20,21). The summed E-state index contributed by atoms with van der Waals surface area (Å²) in [6.07, 6.45) is 0.196. The number of fused-ring (bicyclic) bond motifs is 1. The summed E-state index contributed by atoms with van der Waals surface area (Å²) in [6.45, 7) is 3.71. The van der Waals surface area contributed by atoms with E-state index >= 15 is 0 Å². The van der Waals surface area contributed by atoms with Crippen molar-refractivity contribution in [3.63, 3.8) is 0 Å². The zero-order valence-corrected chi connectivity index (χ0v) is 12.4. The van der Waals surface area contributed by atoms with Crippen molar-refractivity contribution >= 4 is 23.3 Å². The van der Waals surface area contributed by atoms with Crippen LogP contribution in [0.5, 0.6) is 0 Å². The summed E-state index contributed by atoms with van der Waals surface area (Å²) in [6, 6.07) is 3.85. The van der Waals surface area contributed by atoms with Crippen LogP contribution in [0.15, 0.2) is 12.1 Å². The van der Waals surface area contributed by atoms with E-state index in [0.717, 1.165) is 11.3 Å². The number of aryl methyl sites for hydroxylation is 3. The lowest BCUT2D eigenvalue weighted by molar-refractivity contribution is -0.137. The third-order valence-corrected chi connectivity index (χ3v) is 3.24. The third kappa shape index (κ3) is 3.34. The highest BCUT2D eigenvalue weighted by atomic mass is 16.5. The van der Waals surface area contributed by atoms with E-state index in [-0.39, 0.29) is 19.4 Å². The zero-order valence-electron chi connectivity index (χ0n) is 12.4. The Balaban J connectivity index is 2.44. The molecule has 0 fully saturated rings. The van der Waals surface area contributed by atoms with Crippen LogP contribution in [0.2, 0.25) is 0 Å². The quantitative estimate of drug-likeness (QED) is 0.465. The van der Waals surface area contributed by atoms with Gasteiger partial charge in [0.05, 0.1) is 18.7 Å². The van der Waals surface area contributed by atoms with Gasteiger partial charge in [0.2, 0.25) is 0 Å². The van der Waals surface area contributed by atoms with Crippen LogP contribution in [-0.2, 0) is 16.0 Å². The summed E-state index contributed by atoms with van der Waals surface area (Å²) in [4.78, 5) is 26.4. The maximum atomic E-state index is 11.2. The molecule has 2 aromatic rings. The average molecular weight is 306 g/mol. The van der Waals surface area contributed by atoms with Crippen molar-refractivity contribution in [1.29, 1.82) is 0 Å². The first-order chi connectivity index (χ1) is 10.4. The topological polar surface area (TPSA) is 116 Å². The Morgan fingerprint density at radius 3 is 2.68 bits per heavy atom. The zero-order chi connectivity index (χ0) is 16.3. The molecule has 0 radical (unpaired) electrons. The lowest BCUT2D eigenvalue weighted by Gasteiger charge is -2.10. The van der Waals surface area contributed by atoms with Crippen LogP contribution in [0.1, 0.15) is 23.4 Å². The summed E-state index contributed by atoms with van der Waals surface area (Å²) < 4.78 is 1.83. The predicted octanol–water partition coefficient (Wildman–Crippen LogP) is 0.886. The van der Waals surface area contributed by atoms with Gasteiger partial charge in [-0.2, -0.15) is 0 Å². The molecule has 0 aliphatic rings. The summed E-state index contributed by atoms with van der Waals surface area (Å²) in [5, 5.41) is 20.3. The second-order valence-electron chi connectivity index (χ2n) is 5.06. The predicted molar refractivity (Wildman–Crippen MR) is 79.0 cm³/mol. The van der Waals surface area contributed by atoms with E-state index in [1.165, 1.54) is 0 Å². The number of carboxylic acid groups (broad SMARTS) is 1. The Kier molecular flexibility index (Phi) is 4.62. The highest BCUT2D eigenvalue weighted by molar-refractivity contribution is 5.79. The van der Waals surface area contributed by atoms with Gasteiger partial charge in [-0.15, -0.1) is 0 Å². The molecule has 4 N–H and O–H groups in total. The maximum Gasteiger partial charge on any atom is 0.303 e. The van der Waals surface area contributed by atoms with Crippen LogP contribution in [0.25, 0.3) is 5.65 Å². The lowest BCUT2D eigenvalue weighted by Crippen LogP contribution is -2.27. The van der Waals surface area contributed by atoms with Gasteiger partial charge in [0.15, 0.2) is 0 Å². The Morgan fingerprint density at radius 1 is 1.32 bits per heavy atom. The average Bonchev–Trinajstić information content (AvgIpc) is 2.80. The van der Waals surface area contributed by atoms with Gasteiger partial charge >= 0.3 is 5.97 Å². The van der Waals surface area contributed by atoms with Crippen LogP contribution >= 0.6 is 0 Å². The number of carboxylic acids is 1. The first kappa shape index (κ1) is 15.8. The van der Waals surface area contributed by atoms with E-state index in [0.29, 0.717) is 17.2 Å². The molecule has 0 saturated heterocycles. The van der Waals surface area contributed by atoms with Crippen LogP contribution in [0, 0.1) is 13.8 Å². The minimum Gasteiger partial charge on any atom is -0.481 e. The van der Waals surface area contributed by atoms with Crippen molar-refractivity contribution in [3.05, 3.63) is 29.1 Å². The number of nitrogens with one attached hydrogen (secondary N) is 2. The van der Waals surface area contributed by atoms with E-state index in [2.05, 4.69) is 10.3 Å². The molecule has 0 aliphatic heterocycles. The SMILES string of the molecule is Cc1cc(C)n2c(NCC(=O)NO)c(CCC(=O)O)nc2c1. The molecule has 8 nitrogen and oxygen atoms in total. The Morgan fingerprint density at radius 2 is 2.05 bits per heavy atom. The fourth-order valence-electron chi connectivity index (χ4n) is 2.36. The largest absolute Gasteiger partial charge is 0.481 e. The highest BCUT2D eigenvalue weighted by Gasteiger charge is 2.16. The second kappa shape index (κ2) is 6.44. The molecular weight excluding hydrogens is 288 g/mol. The van der Waals surface area contributed by atoms with Gasteiger partial charge in [0.25, 0.3) is 5.91 Å². The normalized spacial score (nSPS) is 10.7. The number of aliphatic carboxylic acids is 1. The molecule has 0 saturated carbocycles. The number of hydroxylamine groups is 1. The fourth-order valence-corrected chi connectivity index (χ4v) is 2.36. The molecule has 118 valence electrons. The minimum absolute atomic E-state index is 0.0528. The molecule has 8 heteroatoms. The molecule has 2 rings (SSSR count). The first-order valence-corrected chi connectivity index (χ1v) is 6.79. The molecule has 22 heavy (non-hydrogen) atoms. The van der Waals surface area contributed by atoms with Gasteiger partial charge in [-0.3, -0.25) is 19.2 Å². The molecule has 0 spiro atoms. The Labute approximate surface area is 126 Å². The third-order valence-electron chi connectivity index (χ3n) is 3.24. The van der Waals surface area contributed by atoms with Gasteiger partial charge in [-0.25, -0.2) is 10.5 Å². The monoisotopic (exact) mass is 306 g/mol. The number of amides is 1. The van der Waals surface area contributed by atoms with E-state index in [1.54, 1.807) is 5.48 Å². The number of anilines is 1. The Bertz CT molecular complexity index is 723. The van der Waals surface area contributed by atoms with E-state index in [4.69, 9.17) is 10.3 Å². The summed E-state index contributed by atoms with van der Waals surface area (Å²) in [7, 11) is 0. The van der Waals surface area contributed by atoms with E-state index in [9.17, 15) is 9.59 Å². The van der Waals surface area contributed by atoms with Crippen LogP contribution in [0.3, 0.4) is 0 Å². The molecule has 1 amide bonds. The lowest BCUT2D eigenvalue weighted by atomic mass is 10.2. The maximum absolute atomic E-state index is 11.2. The summed E-state index contributed by atoms with van der Waals surface area (Å²) in [5.41, 5.74) is 4.75. The number of imidazole rings is 1. The van der Waals surface area contributed by atoms with Gasteiger partial charge in [0, 0.05) is 12.1 Å². The molecule has 0 atom stereocenters. The van der Waals surface area contributed by atoms with Gasteiger partial charge in [0.1, 0.15) is 11.5 Å². The van der Waals surface area contributed by atoms with E-state index < -0.39 is 11.9 Å². The van der Waals surface area contributed by atoms with Crippen LogP contribution < -0.4 is 10.8 Å². The summed E-state index contributed by atoms with van der Waals surface area (Å²) in [5.74, 6) is -0.940.